The van der Waals surface area contributed by atoms with Gasteiger partial charge in [0.05, 0.1) is 5.69 Å². The molecule has 0 atom stereocenters. The van der Waals surface area contributed by atoms with Gasteiger partial charge in [-0.2, -0.15) is 0 Å². The van der Waals surface area contributed by atoms with Gasteiger partial charge in [0.1, 0.15) is 0 Å². The van der Waals surface area contributed by atoms with Crippen molar-refractivity contribution >= 4 is 34.8 Å². The summed E-state index contributed by atoms with van der Waals surface area (Å²) in [6, 6.07) is 13.0. The van der Waals surface area contributed by atoms with Crippen LogP contribution < -0.4 is 0 Å². The Kier molecular flexibility index (Phi) is 3.38. The molecule has 2 aromatic rings. The predicted molar refractivity (Wildman–Crippen MR) is 68.9 cm³/mol. The van der Waals surface area contributed by atoms with Crippen LogP contribution in [-0.4, -0.2) is 4.98 Å². The number of benzene rings is 1. The van der Waals surface area contributed by atoms with Gasteiger partial charge in [-0.1, -0.05) is 65.1 Å². The standard InChI is InChI=1S/C12H8Cl3N/c13-12(14,15)10-6-2-1-5-9(10)11-7-3-4-8-16-11/h1-8H. The number of rotatable bonds is 1. The van der Waals surface area contributed by atoms with Crippen molar-refractivity contribution in [3.63, 3.8) is 0 Å². The van der Waals surface area contributed by atoms with Crippen LogP contribution in [0.1, 0.15) is 5.56 Å². The fourth-order valence-corrected chi connectivity index (χ4v) is 1.97. The summed E-state index contributed by atoms with van der Waals surface area (Å²) in [5.41, 5.74) is 2.27. The zero-order valence-electron chi connectivity index (χ0n) is 8.20. The lowest BCUT2D eigenvalue weighted by Crippen LogP contribution is -2.02. The van der Waals surface area contributed by atoms with Crippen molar-refractivity contribution in [1.29, 1.82) is 0 Å². The van der Waals surface area contributed by atoms with E-state index < -0.39 is 3.79 Å². The minimum atomic E-state index is -1.44. The quantitative estimate of drug-likeness (QED) is 0.693. The van der Waals surface area contributed by atoms with Crippen LogP contribution in [0.25, 0.3) is 11.3 Å². The molecule has 0 aliphatic carbocycles. The van der Waals surface area contributed by atoms with E-state index in [2.05, 4.69) is 4.98 Å². The van der Waals surface area contributed by atoms with Crippen molar-refractivity contribution < 1.29 is 0 Å². The molecule has 1 aromatic carbocycles. The average molecular weight is 273 g/mol. The van der Waals surface area contributed by atoms with Gasteiger partial charge >= 0.3 is 0 Å². The van der Waals surface area contributed by atoms with Gasteiger partial charge < -0.3 is 0 Å². The van der Waals surface area contributed by atoms with E-state index in [1.54, 1.807) is 12.3 Å². The Bertz CT molecular complexity index is 477. The summed E-state index contributed by atoms with van der Waals surface area (Å²) in [5.74, 6) is 0. The molecule has 0 amide bonds. The number of hydrogen-bond acceptors (Lipinski definition) is 1. The highest BCUT2D eigenvalue weighted by atomic mass is 35.6. The summed E-state index contributed by atoms with van der Waals surface area (Å²) in [5, 5.41) is 0. The van der Waals surface area contributed by atoms with Crippen molar-refractivity contribution in [2.75, 3.05) is 0 Å². The number of hydrogen-bond donors (Lipinski definition) is 0. The molecule has 0 bridgehead atoms. The Morgan fingerprint density at radius 2 is 1.56 bits per heavy atom. The molecule has 4 heteroatoms. The number of aromatic nitrogens is 1. The number of halogens is 3. The third-order valence-electron chi connectivity index (χ3n) is 2.17. The second-order valence-electron chi connectivity index (χ2n) is 3.26. The van der Waals surface area contributed by atoms with E-state index in [0.29, 0.717) is 5.56 Å². The summed E-state index contributed by atoms with van der Waals surface area (Å²) in [4.78, 5) is 4.25. The predicted octanol–water partition coefficient (Wildman–Crippen LogP) is 4.58. The fraction of sp³-hybridized carbons (Fsp3) is 0.0833. The molecule has 0 spiro atoms. The Morgan fingerprint density at radius 1 is 0.875 bits per heavy atom. The topological polar surface area (TPSA) is 12.9 Å². The molecule has 0 N–H and O–H groups in total. The lowest BCUT2D eigenvalue weighted by atomic mass is 10.1. The van der Waals surface area contributed by atoms with Crippen molar-refractivity contribution in [1.82, 2.24) is 4.98 Å². The number of nitrogens with zero attached hydrogens (tertiary/aromatic N) is 1. The molecule has 1 aromatic heterocycles. The first-order chi connectivity index (χ1) is 7.59. The van der Waals surface area contributed by atoms with E-state index in [0.717, 1.165) is 11.3 Å². The first kappa shape index (κ1) is 11.7. The molecule has 0 radical (unpaired) electrons. The Morgan fingerprint density at radius 3 is 2.19 bits per heavy atom. The van der Waals surface area contributed by atoms with E-state index >= 15 is 0 Å². The van der Waals surface area contributed by atoms with Crippen molar-refractivity contribution in [3.05, 3.63) is 54.2 Å². The first-order valence-electron chi connectivity index (χ1n) is 4.66. The highest BCUT2D eigenvalue weighted by molar-refractivity contribution is 6.67. The van der Waals surface area contributed by atoms with E-state index in [9.17, 15) is 0 Å². The third kappa shape index (κ3) is 2.49. The van der Waals surface area contributed by atoms with E-state index in [1.807, 2.05) is 36.4 Å². The second kappa shape index (κ2) is 4.62. The molecule has 0 unspecified atom stereocenters. The van der Waals surface area contributed by atoms with Gasteiger partial charge in [-0.05, 0) is 12.1 Å². The SMILES string of the molecule is ClC(Cl)(Cl)c1ccccc1-c1ccccn1. The van der Waals surface area contributed by atoms with Crippen LogP contribution in [0.4, 0.5) is 0 Å². The Balaban J connectivity index is 2.58. The fourth-order valence-electron chi connectivity index (χ4n) is 1.48. The van der Waals surface area contributed by atoms with Gasteiger partial charge in [0, 0.05) is 17.3 Å². The molecule has 0 saturated heterocycles. The summed E-state index contributed by atoms with van der Waals surface area (Å²) < 4.78 is -1.44. The summed E-state index contributed by atoms with van der Waals surface area (Å²) in [7, 11) is 0. The molecule has 16 heavy (non-hydrogen) atoms. The molecular formula is C12H8Cl3N. The van der Waals surface area contributed by atoms with Crippen LogP contribution in [0.5, 0.6) is 0 Å². The third-order valence-corrected chi connectivity index (χ3v) is 2.78. The van der Waals surface area contributed by atoms with Crippen LogP contribution in [-0.2, 0) is 3.79 Å². The Hall–Kier alpha value is -0.760. The van der Waals surface area contributed by atoms with Crippen LogP contribution >= 0.6 is 34.8 Å². The smallest absolute Gasteiger partial charge is 0.216 e. The van der Waals surface area contributed by atoms with E-state index in [-0.39, 0.29) is 0 Å². The summed E-state index contributed by atoms with van der Waals surface area (Å²) in [6.45, 7) is 0. The maximum Gasteiger partial charge on any atom is 0.216 e. The normalized spacial score (nSPS) is 11.4. The molecule has 0 aliphatic rings. The molecule has 2 rings (SSSR count). The van der Waals surface area contributed by atoms with E-state index in [1.165, 1.54) is 0 Å². The number of alkyl halides is 3. The molecule has 0 fully saturated rings. The molecular weight excluding hydrogens is 264 g/mol. The van der Waals surface area contributed by atoms with Gasteiger partial charge in [0.25, 0.3) is 0 Å². The van der Waals surface area contributed by atoms with Gasteiger partial charge in [-0.15, -0.1) is 0 Å². The van der Waals surface area contributed by atoms with Gasteiger partial charge in [0.15, 0.2) is 0 Å². The highest BCUT2D eigenvalue weighted by Crippen LogP contribution is 2.42. The highest BCUT2D eigenvalue weighted by Gasteiger charge is 2.26. The zero-order chi connectivity index (χ0) is 11.6. The van der Waals surface area contributed by atoms with Crippen molar-refractivity contribution in [2.24, 2.45) is 0 Å². The van der Waals surface area contributed by atoms with Crippen LogP contribution in [0.15, 0.2) is 48.7 Å². The van der Waals surface area contributed by atoms with Crippen molar-refractivity contribution in [3.8, 4) is 11.3 Å². The minimum absolute atomic E-state index is 0.638. The van der Waals surface area contributed by atoms with E-state index in [4.69, 9.17) is 34.8 Å². The summed E-state index contributed by atoms with van der Waals surface area (Å²) >= 11 is 17.8. The molecule has 1 nitrogen and oxygen atoms in total. The minimum Gasteiger partial charge on any atom is -0.256 e. The zero-order valence-corrected chi connectivity index (χ0v) is 10.5. The van der Waals surface area contributed by atoms with Gasteiger partial charge in [-0.3, -0.25) is 4.98 Å². The second-order valence-corrected chi connectivity index (χ2v) is 5.54. The summed E-state index contributed by atoms with van der Waals surface area (Å²) in [6.07, 6.45) is 1.71. The van der Waals surface area contributed by atoms with Crippen LogP contribution in [0.2, 0.25) is 0 Å². The molecule has 0 aliphatic heterocycles. The first-order valence-corrected chi connectivity index (χ1v) is 5.80. The molecule has 82 valence electrons. The Labute approximate surface area is 109 Å². The van der Waals surface area contributed by atoms with Crippen molar-refractivity contribution in [2.45, 2.75) is 3.79 Å². The average Bonchev–Trinajstić information content (AvgIpc) is 2.29. The monoisotopic (exact) mass is 271 g/mol. The van der Waals surface area contributed by atoms with Gasteiger partial charge in [0.2, 0.25) is 3.79 Å². The van der Waals surface area contributed by atoms with Crippen LogP contribution in [0.3, 0.4) is 0 Å². The van der Waals surface area contributed by atoms with Crippen LogP contribution in [0, 0.1) is 0 Å². The largest absolute Gasteiger partial charge is 0.256 e. The molecule has 1 heterocycles. The maximum atomic E-state index is 5.92. The van der Waals surface area contributed by atoms with Gasteiger partial charge in [-0.25, -0.2) is 0 Å². The maximum absolute atomic E-state index is 5.92. The molecule has 0 saturated carbocycles. The lowest BCUT2D eigenvalue weighted by Gasteiger charge is -2.15. The lowest BCUT2D eigenvalue weighted by molar-refractivity contribution is 1.22. The number of pyridine rings is 1.